The van der Waals surface area contributed by atoms with Gasteiger partial charge in [0.25, 0.3) is 0 Å². The molecule has 0 spiro atoms. The quantitative estimate of drug-likeness (QED) is 0.822. The number of carboxylic acid groups (broad SMARTS) is 1. The van der Waals surface area contributed by atoms with Gasteiger partial charge in [-0.1, -0.05) is 0 Å². The first-order valence-corrected chi connectivity index (χ1v) is 7.54. The Kier molecular flexibility index (Phi) is 4.37. The van der Waals surface area contributed by atoms with E-state index < -0.39 is 11.5 Å². The summed E-state index contributed by atoms with van der Waals surface area (Å²) in [5.41, 5.74) is -0.443. The maximum atomic E-state index is 12.5. The average molecular weight is 282 g/mol. The monoisotopic (exact) mass is 282 g/mol. The highest BCUT2D eigenvalue weighted by atomic mass is 16.4. The van der Waals surface area contributed by atoms with Crippen LogP contribution in [0.2, 0.25) is 0 Å². The minimum atomic E-state index is -0.946. The lowest BCUT2D eigenvalue weighted by atomic mass is 9.88. The van der Waals surface area contributed by atoms with E-state index in [1.54, 1.807) is 0 Å². The summed E-state index contributed by atoms with van der Waals surface area (Å²) in [5.74, 6) is -0.565. The fourth-order valence-electron chi connectivity index (χ4n) is 3.53. The van der Waals surface area contributed by atoms with Crippen LogP contribution in [0.3, 0.4) is 0 Å². The van der Waals surface area contributed by atoms with Crippen molar-refractivity contribution >= 4 is 11.9 Å². The molecule has 5 heteroatoms. The van der Waals surface area contributed by atoms with Crippen LogP contribution >= 0.6 is 0 Å². The zero-order valence-corrected chi connectivity index (χ0v) is 12.7. The van der Waals surface area contributed by atoms with E-state index in [0.29, 0.717) is 24.4 Å². The lowest BCUT2D eigenvalue weighted by Gasteiger charge is -2.36. The molecule has 2 aliphatic heterocycles. The number of hydrogen-bond donors (Lipinski definition) is 2. The topological polar surface area (TPSA) is 69.6 Å². The molecule has 2 bridgehead atoms. The number of carbonyl (C=O) groups is 2. The van der Waals surface area contributed by atoms with E-state index in [1.165, 1.54) is 17.7 Å². The normalized spacial score (nSPS) is 29.2. The van der Waals surface area contributed by atoms with Crippen molar-refractivity contribution in [3.8, 4) is 0 Å². The Labute approximate surface area is 120 Å². The van der Waals surface area contributed by atoms with Gasteiger partial charge < -0.3 is 15.3 Å². The Morgan fingerprint density at radius 3 is 2.20 bits per heavy atom. The number of rotatable bonds is 4. The fourth-order valence-corrected chi connectivity index (χ4v) is 3.53. The number of aliphatic carboxylic acids is 1. The molecule has 2 fully saturated rings. The van der Waals surface area contributed by atoms with Gasteiger partial charge in [0.15, 0.2) is 0 Å². The number of amides is 1. The minimum Gasteiger partial charge on any atom is -0.480 e. The average Bonchev–Trinajstić information content (AvgIpc) is 2.64. The van der Waals surface area contributed by atoms with E-state index in [4.69, 9.17) is 5.11 Å². The number of nitrogens with one attached hydrogen (secondary N) is 1. The molecule has 2 N–H and O–H groups in total. The van der Waals surface area contributed by atoms with E-state index in [-0.39, 0.29) is 12.5 Å². The largest absolute Gasteiger partial charge is 0.480 e. The molecule has 20 heavy (non-hydrogen) atoms. The Balaban J connectivity index is 1.96. The van der Waals surface area contributed by atoms with Crippen LogP contribution in [0.5, 0.6) is 0 Å². The van der Waals surface area contributed by atoms with E-state index in [2.05, 4.69) is 5.32 Å². The number of hydrogen-bond acceptors (Lipinski definition) is 3. The van der Waals surface area contributed by atoms with Crippen LogP contribution in [0, 0.1) is 5.92 Å². The molecule has 0 aromatic heterocycles. The molecule has 2 unspecified atom stereocenters. The second-order valence-corrected chi connectivity index (χ2v) is 7.22. The number of piperidine rings is 1. The smallest absolute Gasteiger partial charge is 0.323 e. The predicted octanol–water partition coefficient (Wildman–Crippen LogP) is 1.62. The first-order chi connectivity index (χ1) is 9.25. The molecule has 0 saturated carbocycles. The summed E-state index contributed by atoms with van der Waals surface area (Å²) in [6, 6.07) is 1.13. The van der Waals surface area contributed by atoms with Crippen molar-refractivity contribution in [3.05, 3.63) is 0 Å². The van der Waals surface area contributed by atoms with Crippen LogP contribution in [0.1, 0.15) is 52.9 Å². The summed E-state index contributed by atoms with van der Waals surface area (Å²) >= 11 is 0. The molecular formula is C15H26N2O3. The molecule has 0 aliphatic carbocycles. The molecule has 2 rings (SSSR count). The molecule has 114 valence electrons. The number of carbonyl (C=O) groups excluding carboxylic acids is 1. The number of carboxylic acids is 1. The van der Waals surface area contributed by atoms with Gasteiger partial charge in [0.05, 0.1) is 0 Å². The standard InChI is InChI=1S/C15H26N2O3/c1-15(2,3)17(9-14(19)20)13(18)8-10-6-11-4-5-12(7-10)16-11/h10-12,16H,4-9H2,1-3H3,(H,19,20). The molecule has 5 nitrogen and oxygen atoms in total. The summed E-state index contributed by atoms with van der Waals surface area (Å²) in [5, 5.41) is 12.6. The molecule has 0 aromatic carbocycles. The Morgan fingerprint density at radius 1 is 1.20 bits per heavy atom. The van der Waals surface area contributed by atoms with Crippen molar-refractivity contribution in [3.63, 3.8) is 0 Å². The van der Waals surface area contributed by atoms with Gasteiger partial charge in [0.1, 0.15) is 6.54 Å². The van der Waals surface area contributed by atoms with Gasteiger partial charge in [-0.25, -0.2) is 0 Å². The van der Waals surface area contributed by atoms with Crippen molar-refractivity contribution in [2.45, 2.75) is 70.5 Å². The Bertz CT molecular complexity index is 377. The van der Waals surface area contributed by atoms with E-state index in [1.807, 2.05) is 20.8 Å². The molecule has 2 heterocycles. The second kappa shape index (κ2) is 5.72. The number of fused-ring (bicyclic) bond motifs is 2. The van der Waals surface area contributed by atoms with Crippen LogP contribution in [0.25, 0.3) is 0 Å². The molecule has 2 atom stereocenters. The van der Waals surface area contributed by atoms with Gasteiger partial charge >= 0.3 is 5.97 Å². The summed E-state index contributed by atoms with van der Waals surface area (Å²) in [4.78, 5) is 24.9. The third kappa shape index (κ3) is 3.72. The first kappa shape index (κ1) is 15.3. The first-order valence-electron chi connectivity index (χ1n) is 7.54. The van der Waals surface area contributed by atoms with Gasteiger partial charge in [-0.2, -0.15) is 0 Å². The van der Waals surface area contributed by atoms with Crippen molar-refractivity contribution in [2.24, 2.45) is 5.92 Å². The SMILES string of the molecule is CC(C)(C)N(CC(=O)O)C(=O)CC1CC2CCC(C1)N2. The predicted molar refractivity (Wildman–Crippen MR) is 76.4 cm³/mol. The van der Waals surface area contributed by atoms with E-state index >= 15 is 0 Å². The third-order valence-electron chi connectivity index (χ3n) is 4.44. The van der Waals surface area contributed by atoms with Gasteiger partial charge in [-0.3, -0.25) is 9.59 Å². The Hall–Kier alpha value is -1.10. The molecule has 2 saturated heterocycles. The van der Waals surface area contributed by atoms with Crippen LogP contribution in [0.4, 0.5) is 0 Å². The highest BCUT2D eigenvalue weighted by Crippen LogP contribution is 2.33. The zero-order valence-electron chi connectivity index (χ0n) is 12.7. The lowest BCUT2D eigenvalue weighted by molar-refractivity contribution is -0.148. The van der Waals surface area contributed by atoms with Gasteiger partial charge in [-0.05, 0) is 52.4 Å². The Morgan fingerprint density at radius 2 is 1.75 bits per heavy atom. The highest BCUT2D eigenvalue weighted by molar-refractivity contribution is 5.82. The van der Waals surface area contributed by atoms with Crippen molar-refractivity contribution < 1.29 is 14.7 Å². The van der Waals surface area contributed by atoms with Crippen LogP contribution in [0.15, 0.2) is 0 Å². The molecule has 1 amide bonds. The summed E-state index contributed by atoms with van der Waals surface area (Å²) in [6.07, 6.45) is 5.01. The van der Waals surface area contributed by atoms with E-state index in [0.717, 1.165) is 12.8 Å². The molecule has 0 radical (unpaired) electrons. The van der Waals surface area contributed by atoms with Crippen LogP contribution in [-0.4, -0.2) is 46.1 Å². The summed E-state index contributed by atoms with van der Waals surface area (Å²) < 4.78 is 0. The minimum absolute atomic E-state index is 0.0220. The van der Waals surface area contributed by atoms with Crippen LogP contribution in [-0.2, 0) is 9.59 Å². The van der Waals surface area contributed by atoms with Gasteiger partial charge in [-0.15, -0.1) is 0 Å². The lowest BCUT2D eigenvalue weighted by Crippen LogP contribution is -2.49. The molecule has 2 aliphatic rings. The second-order valence-electron chi connectivity index (χ2n) is 7.22. The number of nitrogens with zero attached hydrogens (tertiary/aromatic N) is 1. The summed E-state index contributed by atoms with van der Waals surface area (Å²) in [6.45, 7) is 5.46. The van der Waals surface area contributed by atoms with E-state index in [9.17, 15) is 9.59 Å². The van der Waals surface area contributed by atoms with Crippen LogP contribution < -0.4 is 5.32 Å². The third-order valence-corrected chi connectivity index (χ3v) is 4.44. The summed E-state index contributed by atoms with van der Waals surface area (Å²) in [7, 11) is 0. The maximum Gasteiger partial charge on any atom is 0.323 e. The molecule has 0 aromatic rings. The maximum absolute atomic E-state index is 12.5. The molecular weight excluding hydrogens is 256 g/mol. The van der Waals surface area contributed by atoms with Crippen molar-refractivity contribution in [1.29, 1.82) is 0 Å². The fraction of sp³-hybridized carbons (Fsp3) is 0.867. The van der Waals surface area contributed by atoms with Crippen molar-refractivity contribution in [2.75, 3.05) is 6.54 Å². The zero-order chi connectivity index (χ0) is 14.9. The van der Waals surface area contributed by atoms with Crippen molar-refractivity contribution in [1.82, 2.24) is 10.2 Å². The highest BCUT2D eigenvalue weighted by Gasteiger charge is 2.36. The van der Waals surface area contributed by atoms with Gasteiger partial charge in [0, 0.05) is 24.0 Å². The van der Waals surface area contributed by atoms with Gasteiger partial charge in [0.2, 0.25) is 5.91 Å².